The van der Waals surface area contributed by atoms with Gasteiger partial charge in [0.15, 0.2) is 0 Å². The highest BCUT2D eigenvalue weighted by atomic mass is 19.1. The molecule has 0 amide bonds. The van der Waals surface area contributed by atoms with E-state index >= 15 is 17.6 Å². The summed E-state index contributed by atoms with van der Waals surface area (Å²) in [7, 11) is 0. The molecule has 0 aromatic heterocycles. The normalized spacial score (nSPS) is 15.7. The molecule has 11 aromatic rings. The van der Waals surface area contributed by atoms with Crippen molar-refractivity contribution in [2.24, 2.45) is 0 Å². The van der Waals surface area contributed by atoms with E-state index in [2.05, 4.69) is 127 Å². The lowest BCUT2D eigenvalue weighted by atomic mass is 9.67. The van der Waals surface area contributed by atoms with Crippen molar-refractivity contribution in [3.63, 3.8) is 0 Å². The van der Waals surface area contributed by atoms with Crippen LogP contribution in [0.2, 0.25) is 0 Å². The van der Waals surface area contributed by atoms with Crippen LogP contribution >= 0.6 is 0 Å². The Kier molecular flexibility index (Phi) is 11.4. The quantitative estimate of drug-likeness (QED) is 0.117. The van der Waals surface area contributed by atoms with E-state index in [1.165, 1.54) is 12.1 Å². The first-order chi connectivity index (χ1) is 37.7. The van der Waals surface area contributed by atoms with Crippen molar-refractivity contribution in [3.05, 3.63) is 341 Å². The van der Waals surface area contributed by atoms with Crippen molar-refractivity contribution < 1.29 is 17.6 Å². The fourth-order valence-corrected chi connectivity index (χ4v) is 12.4. The van der Waals surface area contributed by atoms with E-state index in [-0.39, 0.29) is 0 Å². The number of nitrogens with zero attached hydrogens (tertiary/aromatic N) is 1. The van der Waals surface area contributed by atoms with Crippen molar-refractivity contribution in [1.29, 1.82) is 0 Å². The van der Waals surface area contributed by atoms with E-state index in [1.54, 1.807) is 24.3 Å². The van der Waals surface area contributed by atoms with Gasteiger partial charge >= 0.3 is 0 Å². The molecular weight excluding hydrogens is 955 g/mol. The minimum atomic E-state index is -1.24. The summed E-state index contributed by atoms with van der Waals surface area (Å²) in [6.45, 7) is 8.02. The maximum Gasteiger partial charge on any atom is 0.130 e. The molecule has 13 rings (SSSR count). The second kappa shape index (κ2) is 18.7. The Hall–Kier alpha value is -9.58. The smallest absolute Gasteiger partial charge is 0.130 e. The molecule has 0 heterocycles. The predicted octanol–water partition coefficient (Wildman–Crippen LogP) is 19.1. The summed E-state index contributed by atoms with van der Waals surface area (Å²) in [6.07, 6.45) is 3.55. The number of halogens is 4. The summed E-state index contributed by atoms with van der Waals surface area (Å²) >= 11 is 0. The van der Waals surface area contributed by atoms with Crippen molar-refractivity contribution in [2.75, 3.05) is 4.90 Å². The highest BCUT2D eigenvalue weighted by Crippen LogP contribution is 2.60. The van der Waals surface area contributed by atoms with Gasteiger partial charge in [-0.05, 0) is 144 Å². The van der Waals surface area contributed by atoms with E-state index in [0.717, 1.165) is 118 Å². The molecule has 0 aliphatic heterocycles. The van der Waals surface area contributed by atoms with Gasteiger partial charge in [-0.2, -0.15) is 0 Å². The maximum absolute atomic E-state index is 17.1. The highest BCUT2D eigenvalue weighted by molar-refractivity contribution is 5.93. The first kappa shape index (κ1) is 47.2. The Morgan fingerprint density at radius 1 is 0.299 bits per heavy atom. The van der Waals surface area contributed by atoms with Gasteiger partial charge in [-0.1, -0.05) is 207 Å². The van der Waals surface area contributed by atoms with E-state index < -0.39 is 34.1 Å². The summed E-state index contributed by atoms with van der Waals surface area (Å²) in [5.41, 5.74) is 15.1. The van der Waals surface area contributed by atoms with Crippen LogP contribution in [0.5, 0.6) is 0 Å². The van der Waals surface area contributed by atoms with Crippen LogP contribution in [0, 0.1) is 23.3 Å². The van der Waals surface area contributed by atoms with Gasteiger partial charge in [-0.3, -0.25) is 0 Å². The Morgan fingerprint density at radius 3 is 1.18 bits per heavy atom. The van der Waals surface area contributed by atoms with Gasteiger partial charge in [0.25, 0.3) is 0 Å². The molecule has 0 spiro atoms. The molecule has 0 N–H and O–H groups in total. The zero-order valence-corrected chi connectivity index (χ0v) is 41.7. The van der Waals surface area contributed by atoms with Crippen molar-refractivity contribution in [2.45, 2.75) is 10.8 Å². The maximum atomic E-state index is 17.1. The van der Waals surface area contributed by atoms with Gasteiger partial charge in [0.1, 0.15) is 23.3 Å². The molecule has 0 saturated carbocycles. The number of benzene rings is 11. The molecule has 11 aromatic carbocycles. The number of hydrogen-bond donors (Lipinski definition) is 0. The van der Waals surface area contributed by atoms with Crippen LogP contribution in [0.3, 0.4) is 0 Å². The molecular formula is C72H47F4N. The average molecular weight is 1000 g/mol. The summed E-state index contributed by atoms with van der Waals surface area (Å²) in [5.74, 6) is -2.68. The Morgan fingerprint density at radius 2 is 0.701 bits per heavy atom. The van der Waals surface area contributed by atoms with E-state index in [1.807, 2.05) is 103 Å². The van der Waals surface area contributed by atoms with Crippen LogP contribution in [0.4, 0.5) is 34.6 Å². The van der Waals surface area contributed by atoms with Crippen LogP contribution in [0.25, 0.3) is 56.7 Å². The number of hydrogen-bond acceptors (Lipinski definition) is 1. The lowest BCUT2D eigenvalue weighted by Crippen LogP contribution is -2.30. The summed E-state index contributed by atoms with van der Waals surface area (Å²) in [4.78, 5) is 2.20. The van der Waals surface area contributed by atoms with Crippen LogP contribution in [0.15, 0.2) is 262 Å². The molecule has 2 atom stereocenters. The summed E-state index contributed by atoms with van der Waals surface area (Å²) in [6, 6.07) is 79.7. The predicted molar refractivity (Wildman–Crippen MR) is 307 cm³/mol. The standard InChI is InChI=1S/C72H47F4N/c1-3-46-24-28-52(29-25-46)71(65-38-32-54(73)42-69(65)75)63-22-10-8-20-59(63)61-36-34-57(44-67(61)71)77(56-19-13-18-51(41-56)50-17-12-16-49(40-50)48-14-6-5-7-15-48)58-35-37-62-60-21-9-11-23-64(60)72(68(62)45-58,53-30-26-47(4-2)27-31-53)66-39-33-55(74)43-70(66)76/h3-45H,1-2H2. The molecule has 0 fully saturated rings. The third kappa shape index (κ3) is 7.44. The Balaban J connectivity index is 1.10. The third-order valence-electron chi connectivity index (χ3n) is 15.8. The van der Waals surface area contributed by atoms with Crippen LogP contribution in [0.1, 0.15) is 55.6 Å². The van der Waals surface area contributed by atoms with E-state index in [9.17, 15) is 0 Å². The fraction of sp³-hybridized carbons (Fsp3) is 0.0278. The van der Waals surface area contributed by atoms with Crippen LogP contribution < -0.4 is 4.90 Å². The van der Waals surface area contributed by atoms with E-state index in [0.29, 0.717) is 11.1 Å². The average Bonchev–Trinajstić information content (AvgIpc) is 4.15. The Bertz CT molecular complexity index is 3940. The molecule has 2 unspecified atom stereocenters. The number of anilines is 3. The monoisotopic (exact) mass is 1000 g/mol. The molecule has 1 nitrogen and oxygen atoms in total. The van der Waals surface area contributed by atoms with Crippen molar-refractivity contribution in [3.8, 4) is 44.5 Å². The number of fused-ring (bicyclic) bond motifs is 6. The van der Waals surface area contributed by atoms with Gasteiger partial charge in [-0.15, -0.1) is 0 Å². The third-order valence-corrected chi connectivity index (χ3v) is 15.8. The molecule has 368 valence electrons. The molecule has 0 radical (unpaired) electrons. The minimum Gasteiger partial charge on any atom is -0.310 e. The summed E-state index contributed by atoms with van der Waals surface area (Å²) < 4.78 is 64.3. The zero-order chi connectivity index (χ0) is 52.4. The zero-order valence-electron chi connectivity index (χ0n) is 41.7. The first-order valence-electron chi connectivity index (χ1n) is 25.6. The largest absolute Gasteiger partial charge is 0.310 e. The second-order valence-corrected chi connectivity index (χ2v) is 19.8. The van der Waals surface area contributed by atoms with Crippen molar-refractivity contribution in [1.82, 2.24) is 0 Å². The van der Waals surface area contributed by atoms with Gasteiger partial charge < -0.3 is 4.90 Å². The molecule has 2 aliphatic rings. The molecule has 2 aliphatic carbocycles. The second-order valence-electron chi connectivity index (χ2n) is 19.8. The summed E-state index contributed by atoms with van der Waals surface area (Å²) in [5, 5.41) is 0. The minimum absolute atomic E-state index is 0.310. The highest BCUT2D eigenvalue weighted by Gasteiger charge is 2.50. The molecule has 77 heavy (non-hydrogen) atoms. The van der Waals surface area contributed by atoms with E-state index in [4.69, 9.17) is 0 Å². The lowest BCUT2D eigenvalue weighted by Gasteiger charge is -2.36. The fourth-order valence-electron chi connectivity index (χ4n) is 12.4. The van der Waals surface area contributed by atoms with Gasteiger partial charge in [0.05, 0.1) is 10.8 Å². The van der Waals surface area contributed by atoms with Gasteiger partial charge in [0.2, 0.25) is 0 Å². The molecule has 0 saturated heterocycles. The lowest BCUT2D eigenvalue weighted by molar-refractivity contribution is 0.555. The number of rotatable bonds is 11. The van der Waals surface area contributed by atoms with Crippen molar-refractivity contribution >= 4 is 29.2 Å². The SMILES string of the molecule is C=Cc1ccc(C2(c3ccc(F)cc3F)c3ccccc3-c3ccc(N(c4cccc(-c5cccc(-c6ccccc6)c5)c4)c4ccc5c(c4)C(c4ccc(C=C)cc4)(c4ccc(F)cc4F)c4ccccc4-5)cc32)cc1. The van der Waals surface area contributed by atoms with Crippen LogP contribution in [-0.4, -0.2) is 0 Å². The molecule has 0 bridgehead atoms. The first-order valence-corrected chi connectivity index (χ1v) is 25.6. The Labute approximate surface area is 445 Å². The topological polar surface area (TPSA) is 3.24 Å². The van der Waals surface area contributed by atoms with Crippen LogP contribution in [-0.2, 0) is 10.8 Å². The van der Waals surface area contributed by atoms with Gasteiger partial charge in [0, 0.05) is 40.3 Å². The molecule has 5 heteroatoms. The van der Waals surface area contributed by atoms with Gasteiger partial charge in [-0.25, -0.2) is 17.6 Å².